The maximum atomic E-state index is 12.3. The van der Waals surface area contributed by atoms with Crippen molar-refractivity contribution in [2.24, 2.45) is 0 Å². The van der Waals surface area contributed by atoms with E-state index in [0.717, 1.165) is 11.1 Å². The van der Waals surface area contributed by atoms with E-state index in [2.05, 4.69) is 15.0 Å². The lowest BCUT2D eigenvalue weighted by Crippen LogP contribution is -2.34. The zero-order valence-corrected chi connectivity index (χ0v) is 13.0. The van der Waals surface area contributed by atoms with Crippen LogP contribution in [0.4, 0.5) is 5.95 Å². The molecule has 1 atom stereocenters. The Balaban J connectivity index is 2.07. The van der Waals surface area contributed by atoms with E-state index in [1.165, 1.54) is 4.90 Å². The van der Waals surface area contributed by atoms with Crippen molar-refractivity contribution >= 4 is 17.6 Å². The number of nitrogens with zero attached hydrogens (tertiary/aromatic N) is 4. The van der Waals surface area contributed by atoms with Crippen LogP contribution in [0.25, 0.3) is 11.3 Å². The van der Waals surface area contributed by atoms with E-state index in [4.69, 9.17) is 5.73 Å². The fourth-order valence-electron chi connectivity index (χ4n) is 2.78. The molecule has 118 valence electrons. The highest BCUT2D eigenvalue weighted by atomic mass is 16.2. The van der Waals surface area contributed by atoms with Gasteiger partial charge in [-0.05, 0) is 19.1 Å². The molecule has 0 bridgehead atoms. The number of rotatable bonds is 3. The summed E-state index contributed by atoms with van der Waals surface area (Å²) in [7, 11) is 0. The Labute approximate surface area is 133 Å². The number of ketones is 1. The minimum Gasteiger partial charge on any atom is -0.368 e. The minimum atomic E-state index is -0.489. The van der Waals surface area contributed by atoms with Crippen LogP contribution in [0.15, 0.2) is 24.5 Å². The van der Waals surface area contributed by atoms with Crippen molar-refractivity contribution in [2.45, 2.75) is 32.9 Å². The number of hydrogen-bond donors (Lipinski definition) is 1. The molecule has 0 unspecified atom stereocenters. The van der Waals surface area contributed by atoms with Gasteiger partial charge in [0.2, 0.25) is 11.7 Å². The van der Waals surface area contributed by atoms with Crippen molar-refractivity contribution in [3.63, 3.8) is 0 Å². The van der Waals surface area contributed by atoms with E-state index in [1.54, 1.807) is 19.3 Å². The van der Waals surface area contributed by atoms with Crippen LogP contribution >= 0.6 is 0 Å². The lowest BCUT2D eigenvalue weighted by atomic mass is 10.1. The smallest absolute Gasteiger partial charge is 0.290 e. The van der Waals surface area contributed by atoms with Crippen LogP contribution in [0.1, 0.15) is 37.6 Å². The molecule has 0 saturated heterocycles. The average molecular weight is 311 g/mol. The molecule has 1 aliphatic heterocycles. The highest BCUT2D eigenvalue weighted by molar-refractivity contribution is 6.36. The second-order valence-electron chi connectivity index (χ2n) is 5.42. The molecule has 7 heteroatoms. The molecule has 2 aromatic heterocycles. The summed E-state index contributed by atoms with van der Waals surface area (Å²) in [4.78, 5) is 38.2. The number of hydrogen-bond acceptors (Lipinski definition) is 6. The van der Waals surface area contributed by atoms with Crippen molar-refractivity contribution in [2.75, 3.05) is 5.73 Å². The first-order valence-corrected chi connectivity index (χ1v) is 7.43. The van der Waals surface area contributed by atoms with Gasteiger partial charge in [-0.25, -0.2) is 9.97 Å². The Morgan fingerprint density at radius 1 is 1.30 bits per heavy atom. The average Bonchev–Trinajstić information content (AvgIpc) is 2.90. The highest BCUT2D eigenvalue weighted by Gasteiger charge is 2.36. The highest BCUT2D eigenvalue weighted by Crippen LogP contribution is 2.37. The summed E-state index contributed by atoms with van der Waals surface area (Å²) in [5.41, 5.74) is 8.89. The first-order valence-electron chi connectivity index (χ1n) is 7.43. The molecular formula is C16H17N5O2. The fourth-order valence-corrected chi connectivity index (χ4v) is 2.78. The molecule has 0 spiro atoms. The largest absolute Gasteiger partial charge is 0.368 e. The van der Waals surface area contributed by atoms with Crippen molar-refractivity contribution in [3.05, 3.63) is 35.8 Å². The number of anilines is 1. The van der Waals surface area contributed by atoms with Crippen LogP contribution in [-0.2, 0) is 16.1 Å². The van der Waals surface area contributed by atoms with Crippen LogP contribution in [0.5, 0.6) is 0 Å². The monoisotopic (exact) mass is 311 g/mol. The van der Waals surface area contributed by atoms with Gasteiger partial charge < -0.3 is 10.6 Å². The van der Waals surface area contributed by atoms with Crippen LogP contribution in [-0.4, -0.2) is 31.5 Å². The van der Waals surface area contributed by atoms with Gasteiger partial charge in [-0.2, -0.15) is 0 Å². The third-order valence-corrected chi connectivity index (χ3v) is 4.02. The van der Waals surface area contributed by atoms with Crippen LogP contribution in [0, 0.1) is 0 Å². The van der Waals surface area contributed by atoms with E-state index < -0.39 is 11.7 Å². The van der Waals surface area contributed by atoms with Crippen molar-refractivity contribution < 1.29 is 9.59 Å². The van der Waals surface area contributed by atoms with E-state index >= 15 is 0 Å². The van der Waals surface area contributed by atoms with Gasteiger partial charge in [0.15, 0.2) is 0 Å². The summed E-state index contributed by atoms with van der Waals surface area (Å²) in [5, 5.41) is 0. The Hall–Kier alpha value is -2.83. The standard InChI is InChI=1S/C16H17N5O2/c1-3-12(22)15(23)21-8-11-13(9(21)2)19-16(17)20-14(11)10-4-6-18-7-5-10/h4-7,9H,3,8H2,1-2H3,(H2,17,19,20)/t9-/m1/s1. The molecule has 0 fully saturated rings. The lowest BCUT2D eigenvalue weighted by Gasteiger charge is -2.20. The number of pyridine rings is 1. The maximum Gasteiger partial charge on any atom is 0.290 e. The Morgan fingerprint density at radius 3 is 2.65 bits per heavy atom. The summed E-state index contributed by atoms with van der Waals surface area (Å²) in [6.07, 6.45) is 3.52. The number of Topliss-reactive ketones (excluding diaryl/α,β-unsaturated/α-hetero) is 1. The quantitative estimate of drug-likeness (QED) is 0.862. The number of carbonyl (C=O) groups is 2. The van der Waals surface area contributed by atoms with Gasteiger partial charge in [0, 0.05) is 29.9 Å². The van der Waals surface area contributed by atoms with Gasteiger partial charge in [-0.1, -0.05) is 6.92 Å². The maximum absolute atomic E-state index is 12.3. The summed E-state index contributed by atoms with van der Waals surface area (Å²) >= 11 is 0. The molecule has 0 aromatic carbocycles. The summed E-state index contributed by atoms with van der Waals surface area (Å²) in [6, 6.07) is 3.35. The topological polar surface area (TPSA) is 102 Å². The molecule has 3 rings (SSSR count). The van der Waals surface area contributed by atoms with Crippen molar-refractivity contribution in [1.82, 2.24) is 19.9 Å². The molecule has 0 aliphatic carbocycles. The molecule has 0 saturated carbocycles. The number of nitrogens with two attached hydrogens (primary N) is 1. The number of nitrogen functional groups attached to an aromatic ring is 1. The molecule has 7 nitrogen and oxygen atoms in total. The van der Waals surface area contributed by atoms with Gasteiger partial charge in [0.05, 0.1) is 24.0 Å². The van der Waals surface area contributed by atoms with Crippen LogP contribution in [0.2, 0.25) is 0 Å². The molecule has 1 aliphatic rings. The molecule has 0 radical (unpaired) electrons. The summed E-state index contributed by atoms with van der Waals surface area (Å²) in [6.45, 7) is 3.82. The number of aromatic nitrogens is 3. The van der Waals surface area contributed by atoms with Gasteiger partial charge in [0.25, 0.3) is 5.91 Å². The van der Waals surface area contributed by atoms with Gasteiger partial charge in [-0.3, -0.25) is 14.6 Å². The fraction of sp³-hybridized carbons (Fsp3) is 0.312. The third-order valence-electron chi connectivity index (χ3n) is 4.02. The van der Waals surface area contributed by atoms with Gasteiger partial charge in [0.1, 0.15) is 0 Å². The predicted octanol–water partition coefficient (Wildman–Crippen LogP) is 1.50. The SMILES string of the molecule is CCC(=O)C(=O)N1Cc2c(-c3ccncc3)nc(N)nc2[C@H]1C. The minimum absolute atomic E-state index is 0.151. The first kappa shape index (κ1) is 15.1. The Morgan fingerprint density at radius 2 is 2.00 bits per heavy atom. The van der Waals surface area contributed by atoms with E-state index in [0.29, 0.717) is 17.9 Å². The predicted molar refractivity (Wildman–Crippen MR) is 83.9 cm³/mol. The zero-order valence-electron chi connectivity index (χ0n) is 13.0. The Bertz CT molecular complexity index is 776. The van der Waals surface area contributed by atoms with E-state index in [1.807, 2.05) is 19.1 Å². The molecule has 2 N–H and O–H groups in total. The molecule has 3 heterocycles. The van der Waals surface area contributed by atoms with Gasteiger partial charge >= 0.3 is 0 Å². The first-order chi connectivity index (χ1) is 11.0. The molecular weight excluding hydrogens is 294 g/mol. The van der Waals surface area contributed by atoms with Gasteiger partial charge in [-0.15, -0.1) is 0 Å². The van der Waals surface area contributed by atoms with Crippen LogP contribution < -0.4 is 5.73 Å². The normalized spacial score (nSPS) is 16.3. The second-order valence-corrected chi connectivity index (χ2v) is 5.42. The number of fused-ring (bicyclic) bond motifs is 1. The zero-order chi connectivity index (χ0) is 16.6. The Kier molecular flexibility index (Phi) is 3.77. The molecule has 1 amide bonds. The lowest BCUT2D eigenvalue weighted by molar-refractivity contribution is -0.146. The number of carbonyl (C=O) groups excluding carboxylic acids is 2. The molecule has 2 aromatic rings. The van der Waals surface area contributed by atoms with E-state index in [-0.39, 0.29) is 18.4 Å². The second kappa shape index (κ2) is 5.75. The van der Waals surface area contributed by atoms with Crippen molar-refractivity contribution in [1.29, 1.82) is 0 Å². The van der Waals surface area contributed by atoms with Crippen LogP contribution in [0.3, 0.4) is 0 Å². The number of amides is 1. The molecule has 23 heavy (non-hydrogen) atoms. The van der Waals surface area contributed by atoms with Crippen molar-refractivity contribution in [3.8, 4) is 11.3 Å². The summed E-state index contributed by atoms with van der Waals surface area (Å²) < 4.78 is 0. The van der Waals surface area contributed by atoms with E-state index in [9.17, 15) is 9.59 Å². The summed E-state index contributed by atoms with van der Waals surface area (Å²) in [5.74, 6) is -0.744. The third kappa shape index (κ3) is 2.54.